The third-order valence-corrected chi connectivity index (χ3v) is 7.07. The van der Waals surface area contributed by atoms with Gasteiger partial charge < -0.3 is 20.1 Å². The van der Waals surface area contributed by atoms with Crippen molar-refractivity contribution in [3.8, 4) is 11.1 Å². The molecule has 0 heterocycles. The van der Waals surface area contributed by atoms with Crippen LogP contribution in [-0.2, 0) is 14.3 Å². The maximum Gasteiger partial charge on any atom is 0.407 e. The number of hydrogen-bond acceptors (Lipinski definition) is 4. The molecular formula is C28H34N2O5. The van der Waals surface area contributed by atoms with Crippen molar-refractivity contribution in [1.82, 2.24) is 10.2 Å². The Morgan fingerprint density at radius 2 is 1.57 bits per heavy atom. The fraction of sp³-hybridized carbons (Fsp3) is 0.464. The van der Waals surface area contributed by atoms with E-state index < -0.39 is 24.0 Å². The molecule has 1 saturated carbocycles. The first-order chi connectivity index (χ1) is 16.8. The Morgan fingerprint density at radius 1 is 1.00 bits per heavy atom. The molecule has 4 rings (SSSR count). The van der Waals surface area contributed by atoms with Gasteiger partial charge in [0.05, 0.1) is 12.3 Å². The second-order valence-electron chi connectivity index (χ2n) is 9.93. The van der Waals surface area contributed by atoms with Crippen LogP contribution in [0.1, 0.15) is 57.1 Å². The van der Waals surface area contributed by atoms with Gasteiger partial charge in [-0.1, -0.05) is 62.4 Å². The minimum Gasteiger partial charge on any atom is -0.481 e. The molecule has 2 aromatic carbocycles. The molecule has 1 fully saturated rings. The van der Waals surface area contributed by atoms with Crippen molar-refractivity contribution in [3.63, 3.8) is 0 Å². The first-order valence-electron chi connectivity index (χ1n) is 12.4. The van der Waals surface area contributed by atoms with Crippen LogP contribution in [0.2, 0.25) is 0 Å². The van der Waals surface area contributed by atoms with E-state index in [-0.39, 0.29) is 43.4 Å². The third-order valence-electron chi connectivity index (χ3n) is 7.07. The lowest BCUT2D eigenvalue weighted by molar-refractivity contribution is -0.141. The normalized spacial score (nSPS) is 16.2. The number of rotatable bonds is 10. The van der Waals surface area contributed by atoms with Crippen molar-refractivity contribution in [3.05, 3.63) is 59.7 Å². The summed E-state index contributed by atoms with van der Waals surface area (Å²) in [5, 5.41) is 12.0. The average molecular weight is 479 g/mol. The molecule has 0 aromatic heterocycles. The highest BCUT2D eigenvalue weighted by Crippen LogP contribution is 2.44. The van der Waals surface area contributed by atoms with E-state index in [1.54, 1.807) is 4.90 Å². The Balaban J connectivity index is 1.40. The van der Waals surface area contributed by atoms with E-state index in [0.29, 0.717) is 0 Å². The topological polar surface area (TPSA) is 95.9 Å². The SMILES string of the molecule is CC(C)C(C(=O)N(CCC(=O)O)C1CC1)C(C)NC(=O)OCC1c2ccccc2-c2ccccc21. The van der Waals surface area contributed by atoms with E-state index in [1.165, 1.54) is 0 Å². The van der Waals surface area contributed by atoms with Gasteiger partial charge in [-0.2, -0.15) is 0 Å². The molecule has 2 atom stereocenters. The number of carboxylic acid groups (broad SMARTS) is 1. The van der Waals surface area contributed by atoms with Crippen LogP contribution < -0.4 is 5.32 Å². The summed E-state index contributed by atoms with van der Waals surface area (Å²) in [7, 11) is 0. The monoisotopic (exact) mass is 478 g/mol. The van der Waals surface area contributed by atoms with E-state index in [4.69, 9.17) is 9.84 Å². The smallest absolute Gasteiger partial charge is 0.407 e. The molecule has 0 spiro atoms. The molecule has 7 heteroatoms. The summed E-state index contributed by atoms with van der Waals surface area (Å²) in [4.78, 5) is 38.9. The lowest BCUT2D eigenvalue weighted by Crippen LogP contribution is -2.50. The second kappa shape index (κ2) is 10.5. The second-order valence-corrected chi connectivity index (χ2v) is 9.93. The maximum atomic E-state index is 13.4. The van der Waals surface area contributed by atoms with Crippen LogP contribution in [-0.4, -0.2) is 53.2 Å². The van der Waals surface area contributed by atoms with Gasteiger partial charge in [-0.05, 0) is 47.9 Å². The summed E-state index contributed by atoms with van der Waals surface area (Å²) in [5.41, 5.74) is 4.61. The molecule has 0 radical (unpaired) electrons. The number of ether oxygens (including phenoxy) is 1. The summed E-state index contributed by atoms with van der Waals surface area (Å²) < 4.78 is 5.67. The zero-order valence-corrected chi connectivity index (χ0v) is 20.6. The molecule has 2 aliphatic carbocycles. The molecule has 0 aliphatic heterocycles. The quantitative estimate of drug-likeness (QED) is 0.518. The van der Waals surface area contributed by atoms with Crippen molar-refractivity contribution >= 4 is 18.0 Å². The van der Waals surface area contributed by atoms with Crippen LogP contribution >= 0.6 is 0 Å². The number of carbonyl (C=O) groups excluding carboxylic acids is 2. The summed E-state index contributed by atoms with van der Waals surface area (Å²) in [6, 6.07) is 16.0. The predicted molar refractivity (Wildman–Crippen MR) is 133 cm³/mol. The van der Waals surface area contributed by atoms with Gasteiger partial charge in [-0.25, -0.2) is 4.79 Å². The van der Waals surface area contributed by atoms with Gasteiger partial charge in [0.1, 0.15) is 6.61 Å². The molecule has 2 aromatic rings. The number of alkyl carbamates (subject to hydrolysis) is 1. The first-order valence-corrected chi connectivity index (χ1v) is 12.4. The van der Waals surface area contributed by atoms with Crippen LogP contribution in [0.15, 0.2) is 48.5 Å². The molecule has 2 amide bonds. The molecule has 2 aliphatic rings. The zero-order valence-electron chi connectivity index (χ0n) is 20.6. The molecule has 7 nitrogen and oxygen atoms in total. The lowest BCUT2D eigenvalue weighted by Gasteiger charge is -2.33. The molecular weight excluding hydrogens is 444 g/mol. The van der Waals surface area contributed by atoms with Crippen molar-refractivity contribution in [2.24, 2.45) is 11.8 Å². The number of nitrogens with zero attached hydrogens (tertiary/aromatic N) is 1. The summed E-state index contributed by atoms with van der Waals surface area (Å²) >= 11 is 0. The Morgan fingerprint density at radius 3 is 2.09 bits per heavy atom. The van der Waals surface area contributed by atoms with E-state index in [1.807, 2.05) is 45.0 Å². The first kappa shape index (κ1) is 24.8. The maximum absolute atomic E-state index is 13.4. The average Bonchev–Trinajstić information content (AvgIpc) is 3.60. The highest BCUT2D eigenvalue weighted by molar-refractivity contribution is 5.82. The molecule has 35 heavy (non-hydrogen) atoms. The fourth-order valence-electron chi connectivity index (χ4n) is 5.26. The van der Waals surface area contributed by atoms with E-state index in [0.717, 1.165) is 35.1 Å². The highest BCUT2D eigenvalue weighted by atomic mass is 16.5. The number of benzene rings is 2. The zero-order chi connectivity index (χ0) is 25.1. The Labute approximate surface area is 206 Å². The molecule has 2 unspecified atom stereocenters. The van der Waals surface area contributed by atoms with Crippen molar-refractivity contribution in [2.75, 3.05) is 13.2 Å². The number of amides is 2. The number of carboxylic acids is 1. The molecule has 2 N–H and O–H groups in total. The van der Waals surface area contributed by atoms with E-state index in [9.17, 15) is 14.4 Å². The van der Waals surface area contributed by atoms with Crippen LogP contribution in [0.25, 0.3) is 11.1 Å². The summed E-state index contributed by atoms with van der Waals surface area (Å²) in [6.45, 7) is 6.10. The van der Waals surface area contributed by atoms with Crippen LogP contribution in [0.3, 0.4) is 0 Å². The van der Waals surface area contributed by atoms with Crippen molar-refractivity contribution in [2.45, 2.75) is 58.0 Å². The minimum atomic E-state index is -0.922. The van der Waals surface area contributed by atoms with Gasteiger partial charge in [-0.3, -0.25) is 9.59 Å². The number of carbonyl (C=O) groups is 3. The molecule has 186 valence electrons. The standard InChI is InChI=1S/C28H34N2O5/c1-17(2)26(27(33)30(19-12-13-19)15-14-25(31)32)18(3)29-28(34)35-16-24-22-10-6-4-8-20(22)21-9-5-7-11-23(21)24/h4-11,17-19,24,26H,12-16H2,1-3H3,(H,29,34)(H,31,32). The summed E-state index contributed by atoms with van der Waals surface area (Å²) in [5.74, 6) is -1.56. The van der Waals surface area contributed by atoms with Gasteiger partial charge in [0, 0.05) is 24.5 Å². The largest absolute Gasteiger partial charge is 0.481 e. The molecule has 0 bridgehead atoms. The fourth-order valence-corrected chi connectivity index (χ4v) is 5.26. The van der Waals surface area contributed by atoms with Crippen molar-refractivity contribution in [1.29, 1.82) is 0 Å². The van der Waals surface area contributed by atoms with E-state index >= 15 is 0 Å². The van der Waals surface area contributed by atoms with Crippen LogP contribution in [0, 0.1) is 11.8 Å². The third kappa shape index (κ3) is 5.50. The Hall–Kier alpha value is -3.35. The number of fused-ring (bicyclic) bond motifs is 3. The van der Waals surface area contributed by atoms with Crippen molar-refractivity contribution < 1.29 is 24.2 Å². The van der Waals surface area contributed by atoms with Crippen LogP contribution in [0.5, 0.6) is 0 Å². The summed E-state index contributed by atoms with van der Waals surface area (Å²) in [6.07, 6.45) is 1.15. The number of aliphatic carboxylic acids is 1. The highest BCUT2D eigenvalue weighted by Gasteiger charge is 2.39. The lowest BCUT2D eigenvalue weighted by atomic mass is 9.87. The van der Waals surface area contributed by atoms with Gasteiger partial charge in [0.25, 0.3) is 0 Å². The Kier molecular flexibility index (Phi) is 7.43. The van der Waals surface area contributed by atoms with Crippen LogP contribution in [0.4, 0.5) is 4.79 Å². The van der Waals surface area contributed by atoms with Gasteiger partial charge >= 0.3 is 12.1 Å². The van der Waals surface area contributed by atoms with Gasteiger partial charge in [0.2, 0.25) is 5.91 Å². The number of hydrogen-bond donors (Lipinski definition) is 2. The minimum absolute atomic E-state index is 0.0301. The number of nitrogens with one attached hydrogen (secondary N) is 1. The van der Waals surface area contributed by atoms with Gasteiger partial charge in [0.15, 0.2) is 0 Å². The Bertz CT molecular complexity index is 1050. The van der Waals surface area contributed by atoms with Gasteiger partial charge in [-0.15, -0.1) is 0 Å². The van der Waals surface area contributed by atoms with E-state index in [2.05, 4.69) is 29.6 Å². The predicted octanol–water partition coefficient (Wildman–Crippen LogP) is 4.65. The molecule has 0 saturated heterocycles.